The van der Waals surface area contributed by atoms with Crippen LogP contribution in [-0.2, 0) is 5.41 Å². The molecule has 0 heterocycles. The molecule has 0 aromatic heterocycles. The highest BCUT2D eigenvalue weighted by molar-refractivity contribution is 5.74. The number of benzene rings is 1. The SMILES string of the molecule is CN(CC(O)C1CC1)C(=O)NCC1(c2ccccc2F)CC1. The highest BCUT2D eigenvalue weighted by Crippen LogP contribution is 2.48. The number of hydrogen-bond donors (Lipinski definition) is 2. The van der Waals surface area contributed by atoms with Gasteiger partial charge in [0.25, 0.3) is 0 Å². The van der Waals surface area contributed by atoms with E-state index in [9.17, 15) is 14.3 Å². The second kappa shape index (κ2) is 5.88. The molecule has 1 aromatic carbocycles. The zero-order valence-electron chi connectivity index (χ0n) is 12.9. The van der Waals surface area contributed by atoms with Crippen LogP contribution in [0.5, 0.6) is 0 Å². The number of carbonyl (C=O) groups excluding carboxylic acids is 1. The van der Waals surface area contributed by atoms with Crippen LogP contribution in [0.1, 0.15) is 31.2 Å². The molecule has 1 unspecified atom stereocenters. The Kier molecular flexibility index (Phi) is 4.08. The van der Waals surface area contributed by atoms with Gasteiger partial charge in [0, 0.05) is 25.6 Å². The Morgan fingerprint density at radius 3 is 2.73 bits per heavy atom. The van der Waals surface area contributed by atoms with Gasteiger partial charge in [-0.05, 0) is 43.2 Å². The molecule has 2 saturated carbocycles. The first-order valence-electron chi connectivity index (χ1n) is 7.94. The maximum absolute atomic E-state index is 13.9. The van der Waals surface area contributed by atoms with E-state index in [0.29, 0.717) is 24.6 Å². The van der Waals surface area contributed by atoms with Gasteiger partial charge in [-0.25, -0.2) is 9.18 Å². The van der Waals surface area contributed by atoms with Crippen LogP contribution < -0.4 is 5.32 Å². The van der Waals surface area contributed by atoms with E-state index in [1.165, 1.54) is 11.0 Å². The van der Waals surface area contributed by atoms with Crippen molar-refractivity contribution in [2.45, 2.75) is 37.2 Å². The van der Waals surface area contributed by atoms with Gasteiger partial charge in [-0.3, -0.25) is 0 Å². The first-order chi connectivity index (χ1) is 10.5. The van der Waals surface area contributed by atoms with Gasteiger partial charge in [-0.15, -0.1) is 0 Å². The Morgan fingerprint density at radius 2 is 2.14 bits per heavy atom. The summed E-state index contributed by atoms with van der Waals surface area (Å²) >= 11 is 0. The molecule has 22 heavy (non-hydrogen) atoms. The third-order valence-electron chi connectivity index (χ3n) is 4.85. The molecule has 120 valence electrons. The van der Waals surface area contributed by atoms with Gasteiger partial charge in [0.2, 0.25) is 0 Å². The summed E-state index contributed by atoms with van der Waals surface area (Å²) in [5, 5.41) is 12.8. The Bertz CT molecular complexity index is 555. The summed E-state index contributed by atoms with van der Waals surface area (Å²) in [5.74, 6) is 0.148. The van der Waals surface area contributed by atoms with Crippen LogP contribution in [0, 0.1) is 11.7 Å². The Labute approximate surface area is 130 Å². The van der Waals surface area contributed by atoms with Gasteiger partial charge in [0.05, 0.1) is 6.10 Å². The summed E-state index contributed by atoms with van der Waals surface area (Å²) in [7, 11) is 1.68. The highest BCUT2D eigenvalue weighted by atomic mass is 19.1. The molecule has 1 atom stereocenters. The van der Waals surface area contributed by atoms with E-state index in [4.69, 9.17) is 0 Å². The lowest BCUT2D eigenvalue weighted by Gasteiger charge is -2.23. The number of likely N-dealkylation sites (N-methyl/N-ethyl adjacent to an activating group) is 1. The molecule has 0 saturated heterocycles. The van der Waals surface area contributed by atoms with E-state index in [1.807, 2.05) is 6.07 Å². The fourth-order valence-electron chi connectivity index (χ4n) is 2.96. The number of aliphatic hydroxyl groups excluding tert-OH is 1. The van der Waals surface area contributed by atoms with Gasteiger partial charge in [-0.2, -0.15) is 0 Å². The van der Waals surface area contributed by atoms with Crippen LogP contribution in [0.4, 0.5) is 9.18 Å². The molecular weight excluding hydrogens is 283 g/mol. The summed E-state index contributed by atoms with van der Waals surface area (Å²) < 4.78 is 13.9. The lowest BCUT2D eigenvalue weighted by Crippen LogP contribution is -2.44. The quantitative estimate of drug-likeness (QED) is 0.847. The highest BCUT2D eigenvalue weighted by Gasteiger charge is 2.46. The van der Waals surface area contributed by atoms with E-state index in [0.717, 1.165) is 25.7 Å². The van der Waals surface area contributed by atoms with Crippen molar-refractivity contribution < 1.29 is 14.3 Å². The molecule has 0 radical (unpaired) electrons. The lowest BCUT2D eigenvalue weighted by atomic mass is 9.95. The molecule has 2 aliphatic rings. The predicted molar refractivity (Wildman–Crippen MR) is 82.1 cm³/mol. The van der Waals surface area contributed by atoms with Crippen LogP contribution in [-0.4, -0.2) is 42.3 Å². The van der Waals surface area contributed by atoms with E-state index in [-0.39, 0.29) is 17.3 Å². The van der Waals surface area contributed by atoms with Crippen molar-refractivity contribution in [3.63, 3.8) is 0 Å². The summed E-state index contributed by atoms with van der Waals surface area (Å²) in [5.41, 5.74) is 0.438. The summed E-state index contributed by atoms with van der Waals surface area (Å²) in [6.07, 6.45) is 3.45. The van der Waals surface area contributed by atoms with Crippen LogP contribution in [0.15, 0.2) is 24.3 Å². The number of hydrogen-bond acceptors (Lipinski definition) is 2. The first kappa shape index (κ1) is 15.3. The zero-order chi connectivity index (χ0) is 15.7. The minimum absolute atomic E-state index is 0.202. The van der Waals surface area contributed by atoms with Gasteiger partial charge < -0.3 is 15.3 Å². The van der Waals surface area contributed by atoms with Crippen molar-refractivity contribution in [2.24, 2.45) is 5.92 Å². The normalized spacial score (nSPS) is 20.3. The van der Waals surface area contributed by atoms with Gasteiger partial charge in [0.1, 0.15) is 5.82 Å². The maximum atomic E-state index is 13.9. The monoisotopic (exact) mass is 306 g/mol. The molecule has 0 aliphatic heterocycles. The molecule has 4 nitrogen and oxygen atoms in total. The Morgan fingerprint density at radius 1 is 1.45 bits per heavy atom. The van der Waals surface area contributed by atoms with Gasteiger partial charge in [0.15, 0.2) is 0 Å². The number of nitrogens with one attached hydrogen (secondary N) is 1. The third-order valence-corrected chi connectivity index (χ3v) is 4.85. The Hall–Kier alpha value is -1.62. The van der Waals surface area contributed by atoms with Crippen molar-refractivity contribution in [2.75, 3.05) is 20.1 Å². The number of aliphatic hydroxyl groups is 1. The van der Waals surface area contributed by atoms with E-state index >= 15 is 0 Å². The number of halogens is 1. The first-order valence-corrected chi connectivity index (χ1v) is 7.94. The standard InChI is InChI=1S/C17H23FN2O2/c1-20(10-15(21)12-6-7-12)16(22)19-11-17(8-9-17)13-4-2-3-5-14(13)18/h2-5,12,15,21H,6-11H2,1H3,(H,19,22). The molecular formula is C17H23FN2O2. The topological polar surface area (TPSA) is 52.6 Å². The van der Waals surface area contributed by atoms with Crippen molar-refractivity contribution in [3.05, 3.63) is 35.6 Å². The molecule has 2 fully saturated rings. The van der Waals surface area contributed by atoms with Crippen LogP contribution >= 0.6 is 0 Å². The van der Waals surface area contributed by atoms with Crippen molar-refractivity contribution in [1.82, 2.24) is 10.2 Å². The molecule has 0 spiro atoms. The summed E-state index contributed by atoms with van der Waals surface area (Å²) in [6, 6.07) is 6.57. The fourth-order valence-corrected chi connectivity index (χ4v) is 2.96. The number of urea groups is 1. The van der Waals surface area contributed by atoms with Crippen LogP contribution in [0.25, 0.3) is 0 Å². The number of amides is 2. The smallest absolute Gasteiger partial charge is 0.317 e. The molecule has 5 heteroatoms. The van der Waals surface area contributed by atoms with Crippen LogP contribution in [0.2, 0.25) is 0 Å². The van der Waals surface area contributed by atoms with Gasteiger partial charge in [-0.1, -0.05) is 18.2 Å². The molecule has 1 aromatic rings. The second-order valence-electron chi connectivity index (χ2n) is 6.70. The van der Waals surface area contributed by atoms with Gasteiger partial charge >= 0.3 is 6.03 Å². The average molecular weight is 306 g/mol. The summed E-state index contributed by atoms with van der Waals surface area (Å²) in [6.45, 7) is 0.791. The molecule has 2 N–H and O–H groups in total. The molecule has 3 rings (SSSR count). The fraction of sp³-hybridized carbons (Fsp3) is 0.588. The number of rotatable bonds is 6. The molecule has 2 aliphatic carbocycles. The van der Waals surface area contributed by atoms with Crippen LogP contribution in [0.3, 0.4) is 0 Å². The van der Waals surface area contributed by atoms with Crippen molar-refractivity contribution in [3.8, 4) is 0 Å². The third kappa shape index (κ3) is 3.24. The van der Waals surface area contributed by atoms with E-state index in [1.54, 1.807) is 19.2 Å². The molecule has 2 amide bonds. The van der Waals surface area contributed by atoms with Crippen molar-refractivity contribution in [1.29, 1.82) is 0 Å². The maximum Gasteiger partial charge on any atom is 0.317 e. The lowest BCUT2D eigenvalue weighted by molar-refractivity contribution is 0.113. The Balaban J connectivity index is 1.53. The number of carbonyl (C=O) groups is 1. The largest absolute Gasteiger partial charge is 0.391 e. The molecule has 0 bridgehead atoms. The van der Waals surface area contributed by atoms with Crippen molar-refractivity contribution >= 4 is 6.03 Å². The van der Waals surface area contributed by atoms with E-state index in [2.05, 4.69) is 5.32 Å². The predicted octanol–water partition coefficient (Wildman–Crippen LogP) is 2.27. The number of nitrogens with zero attached hydrogens (tertiary/aromatic N) is 1. The zero-order valence-corrected chi connectivity index (χ0v) is 12.9. The minimum Gasteiger partial charge on any atom is -0.391 e. The average Bonchev–Trinajstić information content (AvgIpc) is 3.38. The summed E-state index contributed by atoms with van der Waals surface area (Å²) in [4.78, 5) is 13.6. The second-order valence-corrected chi connectivity index (χ2v) is 6.70. The minimum atomic E-state index is -0.433. The van der Waals surface area contributed by atoms with E-state index < -0.39 is 6.10 Å².